The Kier molecular flexibility index (Phi) is 4.95. The molecule has 0 atom stereocenters. The summed E-state index contributed by atoms with van der Waals surface area (Å²) in [6.07, 6.45) is 2.50. The van der Waals surface area contributed by atoms with Crippen LogP contribution < -0.4 is 4.74 Å². The van der Waals surface area contributed by atoms with Crippen LogP contribution in [-0.2, 0) is 19.6 Å². The van der Waals surface area contributed by atoms with Gasteiger partial charge in [0, 0.05) is 17.8 Å². The molecular formula is C18H16N2O6S. The van der Waals surface area contributed by atoms with E-state index in [2.05, 4.69) is 4.98 Å². The Hall–Kier alpha value is -3.20. The average molecular weight is 388 g/mol. The van der Waals surface area contributed by atoms with E-state index in [-0.39, 0.29) is 28.1 Å². The highest BCUT2D eigenvalue weighted by Gasteiger charge is 2.27. The summed E-state index contributed by atoms with van der Waals surface area (Å²) in [7, 11) is -2.57. The van der Waals surface area contributed by atoms with Crippen molar-refractivity contribution in [2.45, 2.75) is 11.8 Å². The number of rotatable bonds is 6. The smallest absolute Gasteiger partial charge is 0.379 e. The fourth-order valence-electron chi connectivity index (χ4n) is 2.56. The number of aromatic nitrogens is 2. The van der Waals surface area contributed by atoms with Crippen molar-refractivity contribution in [3.05, 3.63) is 54.4 Å². The quantitative estimate of drug-likeness (QED) is 0.361. The number of Topliss-reactive ketones (excluding diaryl/α,β-unsaturated/α-hetero) is 1. The number of ketones is 1. The first-order chi connectivity index (χ1) is 12.9. The molecule has 0 radical (unpaired) electrons. The van der Waals surface area contributed by atoms with Crippen molar-refractivity contribution < 1.29 is 27.5 Å². The molecule has 1 aromatic carbocycles. The summed E-state index contributed by atoms with van der Waals surface area (Å²) >= 11 is 0. The monoisotopic (exact) mass is 388 g/mol. The Morgan fingerprint density at radius 3 is 2.48 bits per heavy atom. The fourth-order valence-corrected chi connectivity index (χ4v) is 3.89. The highest BCUT2D eigenvalue weighted by molar-refractivity contribution is 7.90. The van der Waals surface area contributed by atoms with E-state index in [0.717, 1.165) is 10.2 Å². The maximum absolute atomic E-state index is 13.0. The number of methoxy groups -OCH3 is 1. The number of fused-ring (bicyclic) bond motifs is 1. The molecule has 0 amide bonds. The Morgan fingerprint density at radius 1 is 1.15 bits per heavy atom. The molecule has 0 bridgehead atoms. The molecule has 3 aromatic rings. The van der Waals surface area contributed by atoms with Crippen LogP contribution in [0.15, 0.2) is 53.7 Å². The largest absolute Gasteiger partial charge is 0.497 e. The van der Waals surface area contributed by atoms with Gasteiger partial charge in [-0.05, 0) is 43.3 Å². The summed E-state index contributed by atoms with van der Waals surface area (Å²) in [6, 6.07) is 8.86. The lowest BCUT2D eigenvalue weighted by Gasteiger charge is -2.07. The minimum Gasteiger partial charge on any atom is -0.497 e. The molecule has 2 aromatic heterocycles. The molecule has 0 spiro atoms. The predicted molar refractivity (Wildman–Crippen MR) is 96.3 cm³/mol. The van der Waals surface area contributed by atoms with Crippen LogP contribution in [0.2, 0.25) is 0 Å². The van der Waals surface area contributed by atoms with Gasteiger partial charge in [0.05, 0.1) is 24.2 Å². The summed E-state index contributed by atoms with van der Waals surface area (Å²) < 4.78 is 36.7. The number of carbonyl (C=O) groups is 2. The zero-order chi connectivity index (χ0) is 19.6. The maximum Gasteiger partial charge on any atom is 0.379 e. The van der Waals surface area contributed by atoms with Gasteiger partial charge < -0.3 is 9.47 Å². The van der Waals surface area contributed by atoms with E-state index >= 15 is 0 Å². The molecule has 0 unspecified atom stereocenters. The van der Waals surface area contributed by atoms with Crippen LogP contribution >= 0.6 is 0 Å². The molecular weight excluding hydrogens is 372 g/mol. The standard InChI is InChI=1S/C18H16N2O6S/c1-3-26-18(22)16(21)15-11-20(17-14(15)5-4-10-19-17)27(23,24)13-8-6-12(25-2)7-9-13/h4-11H,3H2,1-2H3. The van der Waals surface area contributed by atoms with E-state index in [1.807, 2.05) is 0 Å². The molecule has 140 valence electrons. The Morgan fingerprint density at radius 2 is 1.85 bits per heavy atom. The Labute approximate surface area is 155 Å². The number of pyridine rings is 1. The van der Waals surface area contributed by atoms with Gasteiger partial charge in [0.2, 0.25) is 0 Å². The van der Waals surface area contributed by atoms with Crippen molar-refractivity contribution in [2.75, 3.05) is 13.7 Å². The summed E-state index contributed by atoms with van der Waals surface area (Å²) in [4.78, 5) is 28.3. The van der Waals surface area contributed by atoms with E-state index in [9.17, 15) is 18.0 Å². The molecule has 0 aliphatic heterocycles. The second-order valence-electron chi connectivity index (χ2n) is 5.44. The van der Waals surface area contributed by atoms with Gasteiger partial charge in [-0.3, -0.25) is 4.79 Å². The summed E-state index contributed by atoms with van der Waals surface area (Å²) in [5.41, 5.74) is -0.0467. The summed E-state index contributed by atoms with van der Waals surface area (Å²) in [5.74, 6) is -1.48. The van der Waals surface area contributed by atoms with Crippen LogP contribution in [0.4, 0.5) is 0 Å². The molecule has 27 heavy (non-hydrogen) atoms. The van der Waals surface area contributed by atoms with Crippen molar-refractivity contribution >= 4 is 32.8 Å². The summed E-state index contributed by atoms with van der Waals surface area (Å²) in [5, 5.41) is 0.243. The first-order valence-electron chi connectivity index (χ1n) is 7.97. The highest BCUT2D eigenvalue weighted by atomic mass is 32.2. The number of nitrogens with zero attached hydrogens (tertiary/aromatic N) is 2. The molecule has 0 saturated carbocycles. The van der Waals surface area contributed by atoms with Crippen molar-refractivity contribution in [3.8, 4) is 5.75 Å². The average Bonchev–Trinajstić information content (AvgIpc) is 3.08. The number of ether oxygens (including phenoxy) is 2. The Balaban J connectivity index is 2.17. The predicted octanol–water partition coefficient (Wildman–Crippen LogP) is 2.03. The van der Waals surface area contributed by atoms with Crippen molar-refractivity contribution in [2.24, 2.45) is 0 Å². The van der Waals surface area contributed by atoms with Gasteiger partial charge in [0.1, 0.15) is 5.75 Å². The highest BCUT2D eigenvalue weighted by Crippen LogP contribution is 2.26. The summed E-state index contributed by atoms with van der Waals surface area (Å²) in [6.45, 7) is 1.61. The molecule has 9 heteroatoms. The van der Waals surface area contributed by atoms with Crippen LogP contribution in [0.25, 0.3) is 11.0 Å². The van der Waals surface area contributed by atoms with Crippen LogP contribution in [0.3, 0.4) is 0 Å². The number of carbonyl (C=O) groups excluding carboxylic acids is 2. The van der Waals surface area contributed by atoms with E-state index in [4.69, 9.17) is 9.47 Å². The van der Waals surface area contributed by atoms with Gasteiger partial charge in [-0.2, -0.15) is 0 Å². The second-order valence-corrected chi connectivity index (χ2v) is 7.26. The zero-order valence-electron chi connectivity index (χ0n) is 14.6. The van der Waals surface area contributed by atoms with E-state index < -0.39 is 21.8 Å². The minimum absolute atomic E-state index is 0.0130. The molecule has 0 aliphatic rings. The first-order valence-corrected chi connectivity index (χ1v) is 9.41. The van der Waals surface area contributed by atoms with Gasteiger partial charge in [-0.25, -0.2) is 22.2 Å². The zero-order valence-corrected chi connectivity index (χ0v) is 15.4. The van der Waals surface area contributed by atoms with E-state index in [1.165, 1.54) is 43.6 Å². The van der Waals surface area contributed by atoms with E-state index in [0.29, 0.717) is 5.75 Å². The third kappa shape index (κ3) is 3.28. The molecule has 2 heterocycles. The number of hydrogen-bond donors (Lipinski definition) is 0. The van der Waals surface area contributed by atoms with Gasteiger partial charge in [0.25, 0.3) is 15.8 Å². The second kappa shape index (κ2) is 7.20. The maximum atomic E-state index is 13.0. The molecule has 3 rings (SSSR count). The SMILES string of the molecule is CCOC(=O)C(=O)c1cn(S(=O)(=O)c2ccc(OC)cc2)c2ncccc12. The fraction of sp³-hybridized carbons (Fsp3) is 0.167. The minimum atomic E-state index is -4.05. The topological polar surface area (TPSA) is 105 Å². The van der Waals surface area contributed by atoms with Crippen molar-refractivity contribution in [3.63, 3.8) is 0 Å². The van der Waals surface area contributed by atoms with Crippen LogP contribution in [0.5, 0.6) is 5.75 Å². The number of hydrogen-bond acceptors (Lipinski definition) is 7. The van der Waals surface area contributed by atoms with Crippen molar-refractivity contribution in [1.82, 2.24) is 8.96 Å². The molecule has 0 fully saturated rings. The lowest BCUT2D eigenvalue weighted by atomic mass is 10.1. The van der Waals surface area contributed by atoms with Gasteiger partial charge >= 0.3 is 5.97 Å². The van der Waals surface area contributed by atoms with Gasteiger partial charge in [-0.15, -0.1) is 0 Å². The van der Waals surface area contributed by atoms with Gasteiger partial charge in [-0.1, -0.05) is 0 Å². The number of benzene rings is 1. The van der Waals surface area contributed by atoms with Gasteiger partial charge in [0.15, 0.2) is 5.65 Å². The third-order valence-electron chi connectivity index (χ3n) is 3.85. The lowest BCUT2D eigenvalue weighted by molar-refractivity contribution is -0.137. The normalized spacial score (nSPS) is 11.3. The molecule has 0 aliphatic carbocycles. The van der Waals surface area contributed by atoms with Crippen LogP contribution in [0, 0.1) is 0 Å². The molecule has 0 N–H and O–H groups in total. The number of esters is 1. The van der Waals surface area contributed by atoms with E-state index in [1.54, 1.807) is 13.0 Å². The first kappa shape index (κ1) is 18.6. The molecule has 8 nitrogen and oxygen atoms in total. The van der Waals surface area contributed by atoms with Crippen LogP contribution in [-0.4, -0.2) is 42.8 Å². The van der Waals surface area contributed by atoms with Crippen LogP contribution in [0.1, 0.15) is 17.3 Å². The third-order valence-corrected chi connectivity index (χ3v) is 5.52. The lowest BCUT2D eigenvalue weighted by Crippen LogP contribution is -2.17. The van der Waals surface area contributed by atoms with Crippen molar-refractivity contribution in [1.29, 1.82) is 0 Å². The Bertz CT molecular complexity index is 1120. The molecule has 0 saturated heterocycles.